The minimum Gasteiger partial charge on any atom is -0.465 e. The molecule has 1 saturated heterocycles. The van der Waals surface area contributed by atoms with E-state index in [1.54, 1.807) is 0 Å². The average Bonchev–Trinajstić information content (AvgIpc) is 3.54. The number of methoxy groups -OCH3 is 1. The van der Waals surface area contributed by atoms with Gasteiger partial charge in [-0.25, -0.2) is 4.79 Å². The Hall–Kier alpha value is -2.17. The number of hydrogen-bond donors (Lipinski definition) is 0. The summed E-state index contributed by atoms with van der Waals surface area (Å²) in [5.41, 5.74) is 0.430. The summed E-state index contributed by atoms with van der Waals surface area (Å²) < 4.78 is 5.16. The van der Waals surface area contributed by atoms with Crippen LogP contribution in [0.1, 0.15) is 100 Å². The van der Waals surface area contributed by atoms with Crippen LogP contribution < -0.4 is 4.90 Å². The normalized spacial score (nSPS) is 26.5. The van der Waals surface area contributed by atoms with Crippen molar-refractivity contribution in [2.45, 2.75) is 91.5 Å². The molecule has 3 aliphatic rings. The van der Waals surface area contributed by atoms with E-state index in [1.807, 2.05) is 11.0 Å². The Bertz CT molecular complexity index is 1080. The Balaban J connectivity index is 1.71. The van der Waals surface area contributed by atoms with Gasteiger partial charge in [0.25, 0.3) is 0 Å². The van der Waals surface area contributed by atoms with Gasteiger partial charge >= 0.3 is 5.97 Å². The van der Waals surface area contributed by atoms with Crippen molar-refractivity contribution >= 4 is 34.7 Å². The molecule has 1 aromatic rings. The van der Waals surface area contributed by atoms with E-state index in [-0.39, 0.29) is 29.2 Å². The molecule has 2 heterocycles. The Labute approximate surface area is 232 Å². The van der Waals surface area contributed by atoms with Crippen molar-refractivity contribution in [1.29, 1.82) is 0 Å². The number of carbonyl (C=O) groups excluding carboxylic acids is 3. The zero-order valence-corrected chi connectivity index (χ0v) is 24.6. The average molecular weight is 541 g/mol. The lowest BCUT2D eigenvalue weighted by Gasteiger charge is -2.40. The molecule has 0 N–H and O–H groups in total. The number of likely N-dealkylation sites (tertiary alicyclic amines) is 1. The number of hydrogen-bond acceptors (Lipinski definition) is 6. The monoisotopic (exact) mass is 540 g/mol. The van der Waals surface area contributed by atoms with Gasteiger partial charge in [0.15, 0.2) is 0 Å². The topological polar surface area (TPSA) is 66.9 Å². The maximum absolute atomic E-state index is 14.3. The second kappa shape index (κ2) is 12.3. The maximum Gasteiger partial charge on any atom is 0.350 e. The van der Waals surface area contributed by atoms with Crippen LogP contribution in [0.25, 0.3) is 0 Å². The smallest absolute Gasteiger partial charge is 0.350 e. The number of ketones is 1. The zero-order valence-electron chi connectivity index (χ0n) is 23.8. The van der Waals surface area contributed by atoms with E-state index < -0.39 is 5.97 Å². The number of rotatable bonds is 6. The molecule has 208 valence electrons. The number of carbonyl (C=O) groups is 3. The first-order valence-electron chi connectivity index (χ1n) is 14.4. The van der Waals surface area contributed by atoms with Crippen LogP contribution in [-0.2, 0) is 14.3 Å². The van der Waals surface area contributed by atoms with Crippen molar-refractivity contribution in [3.8, 4) is 11.8 Å². The standard InChI is InChI=1S/C31H44N2O4S/c1-21-8-10-22(11-9-21)29(35)33(24-12-13-27(34)23(18-24)20-32-16-6-7-17-32)26-19-25(14-15-31(2,3)4)38-28(26)30(36)37-5/h19,21-24H,6-13,16-18,20H2,1-5H3/t21?,22?,23?,24-/m1/s1. The van der Waals surface area contributed by atoms with Crippen LogP contribution in [0.5, 0.6) is 0 Å². The number of esters is 1. The summed E-state index contributed by atoms with van der Waals surface area (Å²) in [5.74, 6) is 6.95. The van der Waals surface area contributed by atoms with Crippen molar-refractivity contribution in [2.24, 2.45) is 23.2 Å². The summed E-state index contributed by atoms with van der Waals surface area (Å²) in [5, 5.41) is 0. The molecule has 0 bridgehead atoms. The summed E-state index contributed by atoms with van der Waals surface area (Å²) in [6.07, 6.45) is 7.94. The van der Waals surface area contributed by atoms with Gasteiger partial charge in [-0.3, -0.25) is 9.59 Å². The lowest BCUT2D eigenvalue weighted by Crippen LogP contribution is -2.49. The highest BCUT2D eigenvalue weighted by Crippen LogP contribution is 2.39. The fourth-order valence-corrected chi connectivity index (χ4v) is 7.01. The van der Waals surface area contributed by atoms with Crippen molar-refractivity contribution < 1.29 is 19.1 Å². The third-order valence-corrected chi connectivity index (χ3v) is 9.30. The van der Waals surface area contributed by atoms with Crippen LogP contribution >= 0.6 is 11.3 Å². The highest BCUT2D eigenvalue weighted by Gasteiger charge is 2.40. The summed E-state index contributed by atoms with van der Waals surface area (Å²) in [6, 6.07) is 1.79. The fraction of sp³-hybridized carbons (Fsp3) is 0.710. The molecule has 38 heavy (non-hydrogen) atoms. The molecule has 1 aromatic heterocycles. The van der Waals surface area contributed by atoms with E-state index in [0.29, 0.717) is 41.5 Å². The van der Waals surface area contributed by atoms with Gasteiger partial charge in [-0.05, 0) is 97.2 Å². The largest absolute Gasteiger partial charge is 0.465 e. The van der Waals surface area contributed by atoms with E-state index in [9.17, 15) is 14.4 Å². The maximum atomic E-state index is 14.3. The second-order valence-electron chi connectivity index (χ2n) is 12.6. The van der Waals surface area contributed by atoms with E-state index >= 15 is 0 Å². The van der Waals surface area contributed by atoms with Crippen molar-refractivity contribution in [3.05, 3.63) is 15.8 Å². The van der Waals surface area contributed by atoms with E-state index in [4.69, 9.17) is 4.74 Å². The van der Waals surface area contributed by atoms with E-state index in [0.717, 1.165) is 50.2 Å². The Morgan fingerprint density at radius 3 is 2.45 bits per heavy atom. The summed E-state index contributed by atoms with van der Waals surface area (Å²) >= 11 is 1.30. The zero-order chi connectivity index (χ0) is 27.4. The molecule has 3 fully saturated rings. The quantitative estimate of drug-likeness (QED) is 0.331. The Kier molecular flexibility index (Phi) is 9.36. The fourth-order valence-electron chi connectivity index (χ4n) is 6.09. The molecular formula is C31H44N2O4S. The molecule has 0 spiro atoms. The molecule has 1 aliphatic heterocycles. The van der Waals surface area contributed by atoms with Crippen molar-refractivity contribution in [2.75, 3.05) is 31.6 Å². The van der Waals surface area contributed by atoms with Gasteiger partial charge in [-0.1, -0.05) is 18.8 Å². The van der Waals surface area contributed by atoms with Crippen LogP contribution in [-0.4, -0.2) is 55.3 Å². The first-order valence-corrected chi connectivity index (χ1v) is 15.2. The molecule has 4 rings (SSSR count). The number of anilines is 1. The van der Waals surface area contributed by atoms with Crippen molar-refractivity contribution in [1.82, 2.24) is 4.90 Å². The van der Waals surface area contributed by atoms with Gasteiger partial charge in [-0.15, -0.1) is 11.3 Å². The third-order valence-electron chi connectivity index (χ3n) is 8.28. The summed E-state index contributed by atoms with van der Waals surface area (Å²) in [6.45, 7) is 11.3. The summed E-state index contributed by atoms with van der Waals surface area (Å²) in [7, 11) is 1.38. The number of Topliss-reactive ketones (excluding diaryl/α,β-unsaturated/α-hetero) is 1. The Morgan fingerprint density at radius 2 is 1.82 bits per heavy atom. The molecule has 7 heteroatoms. The minimum atomic E-state index is -0.440. The van der Waals surface area contributed by atoms with Crippen LogP contribution in [0.4, 0.5) is 5.69 Å². The van der Waals surface area contributed by atoms with Gasteiger partial charge in [0.1, 0.15) is 10.7 Å². The van der Waals surface area contributed by atoms with E-state index in [1.165, 1.54) is 31.3 Å². The number of nitrogens with zero attached hydrogens (tertiary/aromatic N) is 2. The number of amides is 1. The van der Waals surface area contributed by atoms with E-state index in [2.05, 4.69) is 44.4 Å². The second-order valence-corrected chi connectivity index (χ2v) is 13.6. The van der Waals surface area contributed by atoms with Gasteiger partial charge in [0.2, 0.25) is 5.91 Å². The third kappa shape index (κ3) is 7.07. The molecule has 2 aliphatic carbocycles. The van der Waals surface area contributed by atoms with Crippen LogP contribution in [0, 0.1) is 35.0 Å². The first-order chi connectivity index (χ1) is 18.1. The highest BCUT2D eigenvalue weighted by atomic mass is 32.1. The number of thiophene rings is 1. The highest BCUT2D eigenvalue weighted by molar-refractivity contribution is 7.15. The van der Waals surface area contributed by atoms with Gasteiger partial charge < -0.3 is 14.5 Å². The van der Waals surface area contributed by atoms with Crippen LogP contribution in [0.15, 0.2) is 6.07 Å². The molecule has 2 saturated carbocycles. The SMILES string of the molecule is COC(=O)c1sc(C#CC(C)(C)C)cc1N(C(=O)C1CCC(C)CC1)[C@@H]1CCC(=O)C(CN2CCCC2)C1. The summed E-state index contributed by atoms with van der Waals surface area (Å²) in [4.78, 5) is 45.7. The molecule has 6 nitrogen and oxygen atoms in total. The molecule has 2 atom stereocenters. The Morgan fingerprint density at radius 1 is 1.13 bits per heavy atom. The van der Waals surface area contributed by atoms with Crippen LogP contribution in [0.2, 0.25) is 0 Å². The molecule has 1 amide bonds. The molecule has 0 aromatic carbocycles. The predicted octanol–water partition coefficient (Wildman–Crippen LogP) is 5.93. The van der Waals surface area contributed by atoms with Gasteiger partial charge in [-0.2, -0.15) is 0 Å². The van der Waals surface area contributed by atoms with Crippen molar-refractivity contribution in [3.63, 3.8) is 0 Å². The van der Waals surface area contributed by atoms with Crippen LogP contribution in [0.3, 0.4) is 0 Å². The van der Waals surface area contributed by atoms with Gasteiger partial charge in [0.05, 0.1) is 17.7 Å². The lowest BCUT2D eigenvalue weighted by molar-refractivity contribution is -0.128. The first kappa shape index (κ1) is 28.8. The predicted molar refractivity (Wildman–Crippen MR) is 152 cm³/mol. The molecular weight excluding hydrogens is 496 g/mol. The van der Waals surface area contributed by atoms with Gasteiger partial charge in [0, 0.05) is 36.3 Å². The molecule has 1 unspecified atom stereocenters. The minimum absolute atomic E-state index is 0.0598. The number of ether oxygens (including phenoxy) is 1. The molecule has 0 radical (unpaired) electrons. The lowest BCUT2D eigenvalue weighted by atomic mass is 9.80.